The molecule has 0 radical (unpaired) electrons. The Morgan fingerprint density at radius 2 is 1.38 bits per heavy atom. The molecule has 10 amide bonds. The van der Waals surface area contributed by atoms with Crippen LogP contribution < -0.4 is 89.0 Å². The normalized spacial score (nSPS) is 25.4. The zero-order valence-electron chi connectivity index (χ0n) is 70.7. The number of aliphatic hydroxyl groups is 6. The number of amides is 10. The largest absolute Gasteiger partial charge is 0.508 e. The first-order valence-electron chi connectivity index (χ1n) is 41.0. The van der Waals surface area contributed by atoms with Crippen molar-refractivity contribution in [3.63, 3.8) is 0 Å². The molecule has 694 valence electrons. The van der Waals surface area contributed by atoms with Gasteiger partial charge in [0.15, 0.2) is 30.5 Å². The third kappa shape index (κ3) is 22.4. The maximum Gasteiger partial charge on any atom is 0.349 e. The lowest BCUT2D eigenvalue weighted by Crippen LogP contribution is -2.65. The van der Waals surface area contributed by atoms with Crippen molar-refractivity contribution in [3.05, 3.63) is 175 Å². The fourth-order valence-corrected chi connectivity index (χ4v) is 15.7. The van der Waals surface area contributed by atoms with Gasteiger partial charge in [0, 0.05) is 61.6 Å². The predicted octanol–water partition coefficient (Wildman–Crippen LogP) is 0.754. The van der Waals surface area contributed by atoms with E-state index in [4.69, 9.17) is 66.9 Å². The Morgan fingerprint density at radius 3 is 2.02 bits per heavy atom. The van der Waals surface area contributed by atoms with E-state index in [1.807, 2.05) is 12.4 Å². The van der Waals surface area contributed by atoms with Crippen molar-refractivity contribution >= 4 is 94.2 Å². The zero-order valence-corrected chi connectivity index (χ0v) is 72.2. The second-order valence-electron chi connectivity index (χ2n) is 31.8. The number of anilines is 1. The molecule has 14 rings (SSSR count). The molecule has 0 aliphatic carbocycles. The molecule has 2 fully saturated rings. The van der Waals surface area contributed by atoms with Crippen molar-refractivity contribution in [2.75, 3.05) is 45.8 Å². The van der Waals surface area contributed by atoms with Crippen LogP contribution in [0.15, 0.2) is 126 Å². The minimum atomic E-state index is -2.42. The van der Waals surface area contributed by atoms with Crippen LogP contribution in [0.5, 0.6) is 51.7 Å². The Morgan fingerprint density at radius 1 is 0.731 bits per heavy atom. The first kappa shape index (κ1) is 96.4. The number of aromatic hydroxyl groups is 3. The number of rotatable bonds is 25. The van der Waals surface area contributed by atoms with Gasteiger partial charge in [0.25, 0.3) is 5.91 Å². The van der Waals surface area contributed by atoms with Gasteiger partial charge < -0.3 is 138 Å². The number of hydrogen-bond donors (Lipinski definition) is 21. The molecular weight excluding hydrogens is 1750 g/mol. The van der Waals surface area contributed by atoms with Gasteiger partial charge in [-0.25, -0.2) is 10.3 Å². The summed E-state index contributed by atoms with van der Waals surface area (Å²) in [7, 11) is 2.72. The van der Waals surface area contributed by atoms with Crippen molar-refractivity contribution in [1.82, 2.24) is 62.9 Å². The van der Waals surface area contributed by atoms with Crippen LogP contribution in [0.2, 0.25) is 10.0 Å². The van der Waals surface area contributed by atoms with Gasteiger partial charge in [0.1, 0.15) is 107 Å². The van der Waals surface area contributed by atoms with E-state index in [0.29, 0.717) is 17.9 Å². The number of carbonyl (C=O) groups is 10. The van der Waals surface area contributed by atoms with Gasteiger partial charge in [0.2, 0.25) is 65.2 Å². The molecule has 130 heavy (non-hydrogen) atoms. The number of hydroxylamine groups is 1. The van der Waals surface area contributed by atoms with Crippen molar-refractivity contribution in [2.45, 2.75) is 170 Å². The summed E-state index contributed by atoms with van der Waals surface area (Å²) in [4.78, 5) is 168. The highest BCUT2D eigenvalue weighted by Crippen LogP contribution is 2.50. The first-order chi connectivity index (χ1) is 61.9. The number of nitrogens with zero attached hydrogens (tertiary/aromatic N) is 2. The average molecular weight is 1850 g/mol. The van der Waals surface area contributed by atoms with Gasteiger partial charge in [0.05, 0.1) is 47.9 Å². The Bertz CT molecular complexity index is 5540. The van der Waals surface area contributed by atoms with Gasteiger partial charge in [-0.3, -0.25) is 57.4 Å². The quantitative estimate of drug-likeness (QED) is 0.0277. The van der Waals surface area contributed by atoms with E-state index in [1.165, 1.54) is 56.1 Å². The molecule has 7 aliphatic heterocycles. The maximum atomic E-state index is 16.4. The zero-order chi connectivity index (χ0) is 94.0. The van der Waals surface area contributed by atoms with E-state index in [0.717, 1.165) is 66.7 Å². The van der Waals surface area contributed by atoms with Gasteiger partial charge in [-0.15, -0.1) is 0 Å². The number of hydrogen-bond acceptors (Lipinski definition) is 31. The number of phenolic OH excluding ortho intramolecular Hbond substituents is 3. The summed E-state index contributed by atoms with van der Waals surface area (Å²) >= 11 is 14.4. The second kappa shape index (κ2) is 41.8. The second-order valence-corrected chi connectivity index (χ2v) is 32.6. The number of nitrogens with two attached hydrogens (primary N) is 1. The fraction of sp³-hybridized carbons (Fsp3) is 0.395. The molecule has 0 saturated carbocycles. The van der Waals surface area contributed by atoms with E-state index >= 15 is 24.0 Å². The summed E-state index contributed by atoms with van der Waals surface area (Å²) in [6, 6.07) is 7.36. The van der Waals surface area contributed by atoms with E-state index in [2.05, 4.69) is 58.2 Å². The Hall–Kier alpha value is -12.7. The molecule has 6 aromatic carbocycles. The van der Waals surface area contributed by atoms with Crippen molar-refractivity contribution in [1.29, 1.82) is 0 Å². The lowest BCUT2D eigenvalue weighted by atomic mass is 9.85. The average Bonchev–Trinajstić information content (AvgIpc) is 0.765. The molecule has 11 bridgehead atoms. The van der Waals surface area contributed by atoms with Crippen LogP contribution >= 0.6 is 23.2 Å². The van der Waals surface area contributed by atoms with E-state index in [9.17, 15) is 74.7 Å². The number of likely N-dealkylation sites (N-methyl/N-ethyl adjacent to an activating group) is 2. The number of ether oxygens (including phenoxy) is 7. The molecule has 0 spiro atoms. The summed E-state index contributed by atoms with van der Waals surface area (Å²) < 4.78 is 46.2. The summed E-state index contributed by atoms with van der Waals surface area (Å²) in [6.07, 6.45) is -15.5. The number of primary amides is 1. The summed E-state index contributed by atoms with van der Waals surface area (Å²) in [5.41, 5.74) is 3.35. The number of aromatic nitrogens is 2. The number of carbonyl (C=O) groups excluding carboxylic acids is 10. The van der Waals surface area contributed by atoms with E-state index in [1.54, 1.807) is 51.1 Å². The molecule has 18 atom stereocenters. The van der Waals surface area contributed by atoms with Crippen molar-refractivity contribution in [3.8, 4) is 62.9 Å². The number of nitrogens with one attached hydrogen (secondary N) is 11. The van der Waals surface area contributed by atoms with Gasteiger partial charge >= 0.3 is 5.69 Å². The molecule has 22 N–H and O–H groups in total. The van der Waals surface area contributed by atoms with E-state index in [-0.39, 0.29) is 48.8 Å². The molecule has 7 aromatic rings. The van der Waals surface area contributed by atoms with Gasteiger partial charge in [-0.2, -0.15) is 4.98 Å². The topological polar surface area (TPSA) is 620 Å². The molecule has 42 nitrogen and oxygen atoms in total. The van der Waals surface area contributed by atoms with Gasteiger partial charge in [-0.05, 0) is 152 Å². The van der Waals surface area contributed by atoms with Crippen LogP contribution in [0.1, 0.15) is 118 Å². The predicted molar refractivity (Wildman–Crippen MR) is 457 cm³/mol. The Balaban J connectivity index is 0.986. The fourth-order valence-electron chi connectivity index (χ4n) is 15.3. The van der Waals surface area contributed by atoms with Crippen LogP contribution in [0.25, 0.3) is 17.2 Å². The standard InChI is InChI=1S/C86H98Cl2N14O28/c1-8-123-45-15-9-39(10-16-45)11-20-61(108)94-60-21-23-102(85(122)95-60)24-22-92-86(5)34-63(125-38(4)76(86)114)129-75-73(113)72(112)58(35-103)128-84(75)130-74-56-29-43-30-57(74)127-55-19-14-42(28-49(55)88)71(111)69-82(120)98-67(83(121)101-124-36-62(109)91-7)47-31-44(104)32-53(106)64(47)46-26-40(12-17-52(46)105)65(79(117)100-69)97-80(118)66(43)96-78(116)51(33-59(89)107)93-81(119)68(99-77(115)50(90-6)25-37(2)3)70(110)41-13-18-54(126-56)48(87)27-41/h9-21,23,26-32,37-38,50-51,58,63,65-73,75-76,84,90,92,103-106,110-114H,8,22,24-25,33-36H2,1-7H3,(H2,89,107)(H,91,109)(H,93,119)(H,96,116)(H,97,118)(H,98,120)(H,99,115)(H,100,117)(H,101,121)(H,94,95,108,122)/b20-11+/t38-,50+,51-,58+,63-,65+,66+,67+,68+,69-,70+,71+,72+,73-,75+,76+,84?,86+/m0/s1. The van der Waals surface area contributed by atoms with Crippen molar-refractivity contribution < 1.29 is 132 Å². The van der Waals surface area contributed by atoms with Crippen molar-refractivity contribution in [2.24, 2.45) is 11.7 Å². The molecule has 7 aliphatic rings. The lowest BCUT2D eigenvalue weighted by Gasteiger charge is -2.48. The highest BCUT2D eigenvalue weighted by molar-refractivity contribution is 6.32. The first-order valence-corrected chi connectivity index (χ1v) is 41.7. The number of halogens is 2. The molecular formula is C86H98Cl2N14O28. The summed E-state index contributed by atoms with van der Waals surface area (Å²) in [5.74, 6) is -16.8. The number of phenols is 3. The number of aliphatic hydroxyl groups excluding tert-OH is 6. The maximum absolute atomic E-state index is 16.4. The third-order valence-electron chi connectivity index (χ3n) is 22.0. The smallest absolute Gasteiger partial charge is 0.349 e. The van der Waals surface area contributed by atoms with Gasteiger partial charge in [-0.1, -0.05) is 67.4 Å². The highest BCUT2D eigenvalue weighted by Gasteiger charge is 2.52. The minimum Gasteiger partial charge on any atom is -0.508 e. The SMILES string of the molecule is CCOc1ccc(/C=C/C(=O)Nc2ccn(CCN[C@]3(C)C[C@H](O[C@H]4C(Oc5c6cc7cc5Oc5ccc(cc5Cl)[C@@H](O)[C@@H](NC(=O)[C@@H](CC(C)C)NC)C(=O)N[C@@H](CC(N)=O)C(=O)N[C@H]7C(=O)N[C@H]5C(=O)N[C@H](C(=O)N[C@@H](C(=O)NOCC(=O)NC)c7cc(O)cc(O)c7-c7cc5ccc7O)[C@H](O)c5ccc(c(Cl)c5)O6)O[C@H](CO)[C@@H](O)[C@@H]4O)O[C@@H](C)[C@H]3O)c(=O)n2)cc1. The minimum absolute atomic E-state index is 0.0412. The number of fused-ring (bicyclic) bond motifs is 15. The van der Waals surface area contributed by atoms with Crippen LogP contribution in [-0.4, -0.2) is 234 Å². The lowest BCUT2D eigenvalue weighted by molar-refractivity contribution is -0.334. The van der Waals surface area contributed by atoms with Crippen LogP contribution in [0.4, 0.5) is 5.82 Å². The molecule has 44 heteroatoms. The number of benzene rings is 6. The highest BCUT2D eigenvalue weighted by atomic mass is 35.5. The molecule has 1 aromatic heterocycles. The molecule has 8 heterocycles. The van der Waals surface area contributed by atoms with Crippen LogP contribution in [0, 0.1) is 5.92 Å². The molecule has 2 saturated heterocycles. The van der Waals surface area contributed by atoms with Crippen LogP contribution in [-0.2, 0) is 73.5 Å². The third-order valence-corrected chi connectivity index (χ3v) is 22.6. The molecule has 1 unspecified atom stereocenters. The Labute approximate surface area is 750 Å². The summed E-state index contributed by atoms with van der Waals surface area (Å²) in [6.45, 7) is 7.07. The summed E-state index contributed by atoms with van der Waals surface area (Å²) in [5, 5.41) is 132. The van der Waals surface area contributed by atoms with Crippen LogP contribution in [0.3, 0.4) is 0 Å². The van der Waals surface area contributed by atoms with E-state index < -0.39 is 277 Å². The Kier molecular flexibility index (Phi) is 31.0. The monoisotopic (exact) mass is 1840 g/mol.